The second-order valence-electron chi connectivity index (χ2n) is 4.73. The number of ether oxygens (including phenoxy) is 1. The molecule has 0 heterocycles. The predicted molar refractivity (Wildman–Crippen MR) is 75.8 cm³/mol. The first-order valence-electron chi connectivity index (χ1n) is 7.30. The van der Waals surface area contributed by atoms with Gasteiger partial charge in [-0.05, 0) is 25.7 Å². The van der Waals surface area contributed by atoms with Crippen LogP contribution in [0.3, 0.4) is 0 Å². The molecule has 0 aliphatic heterocycles. The van der Waals surface area contributed by atoms with Gasteiger partial charge in [0.05, 0.1) is 6.61 Å². The Morgan fingerprint density at radius 2 is 1.84 bits per heavy atom. The van der Waals surface area contributed by atoms with Gasteiger partial charge in [0, 0.05) is 6.42 Å². The molecule has 112 valence electrons. The maximum atomic E-state index is 11.2. The molecule has 19 heavy (non-hydrogen) atoms. The number of allylic oxidation sites excluding steroid dienone is 2. The molecule has 0 amide bonds. The second-order valence-corrected chi connectivity index (χ2v) is 4.73. The average molecular weight is 272 g/mol. The van der Waals surface area contributed by atoms with Gasteiger partial charge < -0.3 is 14.9 Å². The molecule has 0 aromatic heterocycles. The molecular formula is C15H28O4. The first-order chi connectivity index (χ1) is 9.20. The van der Waals surface area contributed by atoms with Gasteiger partial charge in [0.15, 0.2) is 0 Å². The molecule has 0 bridgehead atoms. The van der Waals surface area contributed by atoms with Crippen LogP contribution in [0.25, 0.3) is 0 Å². The fourth-order valence-electron chi connectivity index (χ4n) is 1.58. The number of carbonyl (C=O) groups is 1. The van der Waals surface area contributed by atoms with Crippen LogP contribution in [0.15, 0.2) is 12.2 Å². The maximum Gasteiger partial charge on any atom is 0.305 e. The summed E-state index contributed by atoms with van der Waals surface area (Å²) in [6.45, 7) is 1.69. The first kappa shape index (κ1) is 18.1. The van der Waals surface area contributed by atoms with E-state index in [0.29, 0.717) is 6.42 Å². The highest BCUT2D eigenvalue weighted by molar-refractivity contribution is 5.69. The number of esters is 1. The minimum atomic E-state index is -0.961. The maximum absolute atomic E-state index is 11.2. The lowest BCUT2D eigenvalue weighted by Crippen LogP contribution is -2.21. The minimum absolute atomic E-state index is 0.116. The van der Waals surface area contributed by atoms with Crippen LogP contribution in [-0.2, 0) is 9.53 Å². The number of rotatable bonds is 12. The van der Waals surface area contributed by atoms with Gasteiger partial charge in [0.2, 0.25) is 0 Å². The second kappa shape index (κ2) is 13.6. The summed E-state index contributed by atoms with van der Waals surface area (Å²) >= 11 is 0. The normalized spacial score (nSPS) is 12.8. The van der Waals surface area contributed by atoms with Crippen LogP contribution in [0.5, 0.6) is 0 Å². The Kier molecular flexibility index (Phi) is 12.9. The third kappa shape index (κ3) is 13.4. The summed E-state index contributed by atoms with van der Waals surface area (Å²) < 4.78 is 4.80. The Hall–Kier alpha value is -0.870. The molecule has 0 unspecified atom stereocenters. The van der Waals surface area contributed by atoms with E-state index in [0.717, 1.165) is 32.1 Å². The molecule has 2 N–H and O–H groups in total. The molecule has 0 fully saturated rings. The number of aliphatic hydroxyl groups is 2. The zero-order valence-electron chi connectivity index (χ0n) is 12.0. The fraction of sp³-hybridized carbons (Fsp3) is 0.800. The van der Waals surface area contributed by atoms with Crippen molar-refractivity contribution in [3.63, 3.8) is 0 Å². The highest BCUT2D eigenvalue weighted by atomic mass is 16.5. The Morgan fingerprint density at radius 1 is 1.16 bits per heavy atom. The van der Waals surface area contributed by atoms with Crippen molar-refractivity contribution in [3.05, 3.63) is 12.2 Å². The molecule has 0 spiro atoms. The summed E-state index contributed by atoms with van der Waals surface area (Å²) in [4.78, 5) is 11.2. The standard InChI is InChI=1S/C15H28O4/c1-2-3-4-5-6-7-8-9-10-11-15(18)19-13-14(17)12-16/h5-6,14,16-17H,2-4,7-13H2,1H3/b6-5+/t14-/m0/s1. The van der Waals surface area contributed by atoms with E-state index in [9.17, 15) is 4.79 Å². The van der Waals surface area contributed by atoms with Gasteiger partial charge in [-0.25, -0.2) is 0 Å². The van der Waals surface area contributed by atoms with Crippen LogP contribution < -0.4 is 0 Å². The number of carbonyl (C=O) groups excluding carboxylic acids is 1. The number of hydrogen-bond acceptors (Lipinski definition) is 4. The summed E-state index contributed by atoms with van der Waals surface area (Å²) in [5, 5.41) is 17.6. The van der Waals surface area contributed by atoms with E-state index >= 15 is 0 Å². The highest BCUT2D eigenvalue weighted by Gasteiger charge is 2.06. The fourth-order valence-corrected chi connectivity index (χ4v) is 1.58. The smallest absolute Gasteiger partial charge is 0.305 e. The van der Waals surface area contributed by atoms with E-state index in [2.05, 4.69) is 19.1 Å². The molecule has 0 aliphatic rings. The predicted octanol–water partition coefficient (Wildman–Crippen LogP) is 2.58. The summed E-state index contributed by atoms with van der Waals surface area (Å²) in [6, 6.07) is 0. The Balaban J connectivity index is 3.29. The Labute approximate surface area is 116 Å². The van der Waals surface area contributed by atoms with Crippen molar-refractivity contribution in [3.8, 4) is 0 Å². The van der Waals surface area contributed by atoms with Gasteiger partial charge in [0.1, 0.15) is 12.7 Å². The molecule has 4 nitrogen and oxygen atoms in total. The van der Waals surface area contributed by atoms with Gasteiger partial charge in [-0.15, -0.1) is 0 Å². The van der Waals surface area contributed by atoms with Gasteiger partial charge >= 0.3 is 5.97 Å². The van der Waals surface area contributed by atoms with E-state index < -0.39 is 6.10 Å². The summed E-state index contributed by atoms with van der Waals surface area (Å²) in [6.07, 6.45) is 11.5. The third-order valence-corrected chi connectivity index (χ3v) is 2.79. The van der Waals surface area contributed by atoms with E-state index in [1.54, 1.807) is 0 Å². The molecule has 4 heteroatoms. The van der Waals surface area contributed by atoms with Crippen molar-refractivity contribution in [2.24, 2.45) is 0 Å². The van der Waals surface area contributed by atoms with Crippen molar-refractivity contribution in [1.29, 1.82) is 0 Å². The Bertz CT molecular complexity index is 238. The van der Waals surface area contributed by atoms with Crippen LogP contribution in [0, 0.1) is 0 Å². The zero-order valence-corrected chi connectivity index (χ0v) is 12.0. The molecule has 0 aliphatic carbocycles. The third-order valence-electron chi connectivity index (χ3n) is 2.79. The van der Waals surface area contributed by atoms with Crippen LogP contribution in [0.4, 0.5) is 0 Å². The van der Waals surface area contributed by atoms with E-state index in [-0.39, 0.29) is 19.2 Å². The van der Waals surface area contributed by atoms with Crippen LogP contribution in [0.2, 0.25) is 0 Å². The van der Waals surface area contributed by atoms with Crippen LogP contribution in [-0.4, -0.2) is 35.5 Å². The van der Waals surface area contributed by atoms with E-state index in [1.807, 2.05) is 0 Å². The largest absolute Gasteiger partial charge is 0.463 e. The van der Waals surface area contributed by atoms with Gasteiger partial charge in [-0.2, -0.15) is 0 Å². The zero-order chi connectivity index (χ0) is 14.3. The molecule has 0 saturated carbocycles. The summed E-state index contributed by atoms with van der Waals surface area (Å²) in [5.41, 5.74) is 0. The van der Waals surface area contributed by atoms with Crippen LogP contribution in [0.1, 0.15) is 58.3 Å². The SMILES string of the molecule is CCCC/C=C/CCCCCC(=O)OC[C@@H](O)CO. The van der Waals surface area contributed by atoms with E-state index in [1.165, 1.54) is 12.8 Å². The van der Waals surface area contributed by atoms with Crippen molar-refractivity contribution in [2.45, 2.75) is 64.4 Å². The van der Waals surface area contributed by atoms with Crippen molar-refractivity contribution in [2.75, 3.05) is 13.2 Å². The van der Waals surface area contributed by atoms with Gasteiger partial charge in [0.25, 0.3) is 0 Å². The molecular weight excluding hydrogens is 244 g/mol. The number of aliphatic hydroxyl groups excluding tert-OH is 2. The van der Waals surface area contributed by atoms with Crippen molar-refractivity contribution >= 4 is 5.97 Å². The minimum Gasteiger partial charge on any atom is -0.463 e. The molecule has 0 saturated heterocycles. The van der Waals surface area contributed by atoms with Crippen LogP contribution >= 0.6 is 0 Å². The molecule has 0 aromatic rings. The monoisotopic (exact) mass is 272 g/mol. The first-order valence-corrected chi connectivity index (χ1v) is 7.30. The molecule has 1 atom stereocenters. The van der Waals surface area contributed by atoms with Gasteiger partial charge in [-0.1, -0.05) is 38.3 Å². The van der Waals surface area contributed by atoms with Crippen molar-refractivity contribution < 1.29 is 19.7 Å². The Morgan fingerprint density at radius 3 is 2.47 bits per heavy atom. The van der Waals surface area contributed by atoms with E-state index in [4.69, 9.17) is 14.9 Å². The number of hydrogen-bond donors (Lipinski definition) is 2. The molecule has 0 rings (SSSR count). The van der Waals surface area contributed by atoms with Crippen molar-refractivity contribution in [1.82, 2.24) is 0 Å². The molecule has 0 aromatic carbocycles. The summed E-state index contributed by atoms with van der Waals surface area (Å²) in [7, 11) is 0. The lowest BCUT2D eigenvalue weighted by molar-refractivity contribution is -0.147. The molecule has 0 radical (unpaired) electrons. The average Bonchev–Trinajstić information content (AvgIpc) is 2.42. The topological polar surface area (TPSA) is 66.8 Å². The quantitative estimate of drug-likeness (QED) is 0.325. The van der Waals surface area contributed by atoms with Gasteiger partial charge in [-0.3, -0.25) is 4.79 Å². The summed E-state index contributed by atoms with van der Waals surface area (Å²) in [5.74, 6) is -0.300. The number of unbranched alkanes of at least 4 members (excludes halogenated alkanes) is 5. The highest BCUT2D eigenvalue weighted by Crippen LogP contribution is 2.06. The lowest BCUT2D eigenvalue weighted by Gasteiger charge is -2.08. The lowest BCUT2D eigenvalue weighted by atomic mass is 10.1.